The van der Waals surface area contributed by atoms with Crippen molar-refractivity contribution in [2.75, 3.05) is 31.3 Å². The first-order chi connectivity index (χ1) is 7.17. The average molecular weight is 231 g/mol. The van der Waals surface area contributed by atoms with Crippen LogP contribution in [0.25, 0.3) is 0 Å². The molecule has 82 valence electrons. The van der Waals surface area contributed by atoms with Gasteiger partial charge in [-0.1, -0.05) is 11.6 Å². The summed E-state index contributed by atoms with van der Waals surface area (Å²) in [4.78, 5) is 18.8. The van der Waals surface area contributed by atoms with Gasteiger partial charge in [0.2, 0.25) is 5.95 Å². The molecule has 1 aromatic rings. The van der Waals surface area contributed by atoms with E-state index in [1.54, 1.807) is 7.05 Å². The van der Waals surface area contributed by atoms with Crippen LogP contribution in [0.5, 0.6) is 0 Å². The van der Waals surface area contributed by atoms with Gasteiger partial charge in [-0.3, -0.25) is 4.79 Å². The third-order valence-electron chi connectivity index (χ3n) is 1.60. The molecule has 0 saturated heterocycles. The molecule has 1 rings (SSSR count). The molecule has 0 bridgehead atoms. The van der Waals surface area contributed by atoms with E-state index in [4.69, 9.17) is 11.6 Å². The zero-order valence-corrected chi connectivity index (χ0v) is 9.13. The van der Waals surface area contributed by atoms with Gasteiger partial charge in [0.05, 0.1) is 13.3 Å². The molecule has 0 saturated carbocycles. The van der Waals surface area contributed by atoms with E-state index in [0.717, 1.165) is 0 Å². The Hall–Kier alpha value is -1.56. The van der Waals surface area contributed by atoms with Crippen LogP contribution < -0.4 is 10.6 Å². The highest BCUT2D eigenvalue weighted by atomic mass is 35.5. The number of carbonyl (C=O) groups excluding carboxylic acids is 1. The molecule has 0 aliphatic carbocycles. The normalized spacial score (nSPS) is 9.53. The molecule has 0 aliphatic rings. The summed E-state index contributed by atoms with van der Waals surface area (Å²) in [5.74, 6) is 0.420. The van der Waals surface area contributed by atoms with Crippen molar-refractivity contribution in [3.63, 3.8) is 0 Å². The van der Waals surface area contributed by atoms with E-state index in [1.807, 2.05) is 0 Å². The lowest BCUT2D eigenvalue weighted by Crippen LogP contribution is -2.16. The van der Waals surface area contributed by atoms with E-state index < -0.39 is 5.97 Å². The highest BCUT2D eigenvalue weighted by Crippen LogP contribution is 2.18. The predicted octanol–water partition coefficient (Wildman–Crippen LogP) is 0.757. The van der Waals surface area contributed by atoms with Gasteiger partial charge in [0, 0.05) is 7.05 Å². The number of halogens is 1. The molecule has 0 atom stereocenters. The van der Waals surface area contributed by atoms with Crippen LogP contribution in [0.1, 0.15) is 0 Å². The van der Waals surface area contributed by atoms with Crippen LogP contribution in [0, 0.1) is 0 Å². The van der Waals surface area contributed by atoms with Crippen molar-refractivity contribution in [3.8, 4) is 0 Å². The summed E-state index contributed by atoms with van der Waals surface area (Å²) in [7, 11) is 3.00. The van der Waals surface area contributed by atoms with E-state index in [1.165, 1.54) is 13.3 Å². The molecule has 0 radical (unpaired) electrons. The van der Waals surface area contributed by atoms with Gasteiger partial charge >= 0.3 is 5.97 Å². The lowest BCUT2D eigenvalue weighted by Gasteiger charge is -2.07. The Morgan fingerprint density at radius 1 is 1.67 bits per heavy atom. The molecule has 15 heavy (non-hydrogen) atoms. The lowest BCUT2D eigenvalue weighted by atomic mass is 10.5. The number of aromatic nitrogens is 2. The summed E-state index contributed by atoms with van der Waals surface area (Å²) in [5, 5.41) is 5.85. The Morgan fingerprint density at radius 3 is 3.00 bits per heavy atom. The van der Waals surface area contributed by atoms with Gasteiger partial charge in [0.15, 0.2) is 5.82 Å². The quantitative estimate of drug-likeness (QED) is 0.744. The number of anilines is 2. The minimum atomic E-state index is -0.393. The number of ether oxygens (including phenoxy) is 1. The smallest absolute Gasteiger partial charge is 0.325 e. The SMILES string of the molecule is CNc1ncc(Cl)c(NCC(=O)OC)n1. The van der Waals surface area contributed by atoms with Gasteiger partial charge in [0.1, 0.15) is 11.6 Å². The second-order valence-electron chi connectivity index (χ2n) is 2.57. The Labute approximate surface area is 92.0 Å². The number of hydrogen-bond donors (Lipinski definition) is 2. The van der Waals surface area contributed by atoms with Crippen molar-refractivity contribution in [1.29, 1.82) is 0 Å². The molecule has 0 amide bonds. The highest BCUT2D eigenvalue weighted by Gasteiger charge is 2.06. The average Bonchev–Trinajstić information content (AvgIpc) is 2.27. The minimum Gasteiger partial charge on any atom is -0.468 e. The molecule has 7 heteroatoms. The van der Waals surface area contributed by atoms with E-state index in [2.05, 4.69) is 25.3 Å². The third kappa shape index (κ3) is 3.25. The molecule has 1 heterocycles. The first-order valence-electron chi connectivity index (χ1n) is 4.18. The summed E-state index contributed by atoms with van der Waals surface area (Å²) < 4.78 is 4.46. The Bertz CT molecular complexity index is 358. The van der Waals surface area contributed by atoms with E-state index >= 15 is 0 Å². The summed E-state index contributed by atoms with van der Waals surface area (Å²) in [5.41, 5.74) is 0. The molecule has 2 N–H and O–H groups in total. The summed E-state index contributed by atoms with van der Waals surface area (Å²) >= 11 is 5.81. The van der Waals surface area contributed by atoms with Gasteiger partial charge in [-0.25, -0.2) is 4.98 Å². The van der Waals surface area contributed by atoms with Crippen LogP contribution >= 0.6 is 11.6 Å². The molecule has 6 nitrogen and oxygen atoms in total. The predicted molar refractivity (Wildman–Crippen MR) is 57.1 cm³/mol. The summed E-state index contributed by atoms with van der Waals surface area (Å²) in [6.45, 7) is 0.0103. The zero-order chi connectivity index (χ0) is 11.3. The maximum atomic E-state index is 10.9. The molecule has 0 aromatic carbocycles. The number of esters is 1. The first kappa shape index (κ1) is 11.5. The topological polar surface area (TPSA) is 76.1 Å². The maximum Gasteiger partial charge on any atom is 0.325 e. The van der Waals surface area contributed by atoms with Crippen molar-refractivity contribution in [2.45, 2.75) is 0 Å². The van der Waals surface area contributed by atoms with Crippen molar-refractivity contribution in [1.82, 2.24) is 9.97 Å². The fourth-order valence-electron chi connectivity index (χ4n) is 0.840. The number of hydrogen-bond acceptors (Lipinski definition) is 6. The number of nitrogens with one attached hydrogen (secondary N) is 2. The van der Waals surface area contributed by atoms with Crippen molar-refractivity contribution in [2.24, 2.45) is 0 Å². The minimum absolute atomic E-state index is 0.0103. The molecule has 0 unspecified atom stereocenters. The van der Waals surface area contributed by atoms with Gasteiger partial charge in [-0.2, -0.15) is 4.98 Å². The largest absolute Gasteiger partial charge is 0.468 e. The van der Waals surface area contributed by atoms with Crippen LogP contribution in [0.2, 0.25) is 5.02 Å². The fraction of sp³-hybridized carbons (Fsp3) is 0.375. The monoisotopic (exact) mass is 230 g/mol. The number of nitrogens with zero attached hydrogens (tertiary/aromatic N) is 2. The molecular weight excluding hydrogens is 220 g/mol. The van der Waals surface area contributed by atoms with Crippen LogP contribution in [0.15, 0.2) is 6.20 Å². The Morgan fingerprint density at radius 2 is 2.40 bits per heavy atom. The second kappa shape index (κ2) is 5.35. The van der Waals surface area contributed by atoms with Crippen molar-refractivity contribution < 1.29 is 9.53 Å². The Balaban J connectivity index is 2.70. The number of carbonyl (C=O) groups is 1. The number of rotatable bonds is 4. The highest BCUT2D eigenvalue weighted by molar-refractivity contribution is 6.32. The van der Waals surface area contributed by atoms with E-state index in [-0.39, 0.29) is 6.54 Å². The molecule has 1 aromatic heterocycles. The number of methoxy groups -OCH3 is 1. The van der Waals surface area contributed by atoms with Crippen LogP contribution in [0.3, 0.4) is 0 Å². The van der Waals surface area contributed by atoms with Gasteiger partial charge < -0.3 is 15.4 Å². The summed E-state index contributed by atoms with van der Waals surface area (Å²) in [6.07, 6.45) is 1.44. The van der Waals surface area contributed by atoms with Crippen molar-refractivity contribution in [3.05, 3.63) is 11.2 Å². The van der Waals surface area contributed by atoms with Crippen LogP contribution in [-0.2, 0) is 9.53 Å². The van der Waals surface area contributed by atoms with Crippen molar-refractivity contribution >= 4 is 29.3 Å². The zero-order valence-electron chi connectivity index (χ0n) is 8.37. The fourth-order valence-corrected chi connectivity index (χ4v) is 0.997. The van der Waals surface area contributed by atoms with E-state index in [0.29, 0.717) is 16.8 Å². The van der Waals surface area contributed by atoms with E-state index in [9.17, 15) is 4.79 Å². The second-order valence-corrected chi connectivity index (χ2v) is 2.98. The first-order valence-corrected chi connectivity index (χ1v) is 4.56. The molecule has 0 aliphatic heterocycles. The van der Waals surface area contributed by atoms with Gasteiger partial charge in [-0.15, -0.1) is 0 Å². The third-order valence-corrected chi connectivity index (χ3v) is 1.87. The molecular formula is C8H11ClN4O2. The molecule has 0 spiro atoms. The molecule has 0 fully saturated rings. The summed E-state index contributed by atoms with van der Waals surface area (Å²) in [6, 6.07) is 0. The standard InChI is InChI=1S/C8H11ClN4O2/c1-10-8-12-3-5(9)7(13-8)11-4-6(14)15-2/h3H,4H2,1-2H3,(H2,10,11,12,13). The maximum absolute atomic E-state index is 10.9. The van der Waals surface area contributed by atoms with Gasteiger partial charge in [-0.05, 0) is 0 Å². The van der Waals surface area contributed by atoms with Crippen LogP contribution in [-0.4, -0.2) is 36.6 Å². The van der Waals surface area contributed by atoms with Crippen LogP contribution in [0.4, 0.5) is 11.8 Å². The Kier molecular flexibility index (Phi) is 4.11. The lowest BCUT2D eigenvalue weighted by molar-refractivity contribution is -0.138. The van der Waals surface area contributed by atoms with Gasteiger partial charge in [0.25, 0.3) is 0 Å².